The molecule has 0 aliphatic carbocycles. The number of aliphatic hydroxyl groups is 1. The molecule has 2 aliphatic rings. The monoisotopic (exact) mass is 310 g/mol. The second-order valence-electron chi connectivity index (χ2n) is 6.17. The Morgan fingerprint density at radius 2 is 2.00 bits per heavy atom. The van der Waals surface area contributed by atoms with Crippen molar-refractivity contribution in [2.24, 2.45) is 0 Å². The van der Waals surface area contributed by atoms with Crippen LogP contribution in [0.2, 0.25) is 0 Å². The Morgan fingerprint density at radius 3 is 2.73 bits per heavy atom. The standard InChI is InChI=1S/C14H22N4O4/c19-12-11(7-15-13(20)16-12)8-18-2-1-14(21,10-18)9-17-3-5-22-6-4-17/h7,21H,1-6,8-10H2,(H2,15,16,19,20). The molecule has 3 heterocycles. The quantitative estimate of drug-likeness (QED) is 0.615. The van der Waals surface area contributed by atoms with Crippen LogP contribution >= 0.6 is 0 Å². The van der Waals surface area contributed by atoms with Crippen LogP contribution < -0.4 is 11.2 Å². The molecule has 3 rings (SSSR count). The Hall–Kier alpha value is -1.48. The van der Waals surface area contributed by atoms with E-state index in [4.69, 9.17) is 4.74 Å². The molecule has 2 saturated heterocycles. The van der Waals surface area contributed by atoms with Gasteiger partial charge < -0.3 is 14.8 Å². The van der Waals surface area contributed by atoms with Gasteiger partial charge in [-0.2, -0.15) is 0 Å². The number of β-amino-alcohol motifs (C(OH)–C–C–N with tert-alkyl or cyclic N) is 1. The van der Waals surface area contributed by atoms with Crippen LogP contribution in [0.3, 0.4) is 0 Å². The van der Waals surface area contributed by atoms with Crippen LogP contribution in [0.25, 0.3) is 0 Å². The molecule has 3 N–H and O–H groups in total. The Balaban J connectivity index is 1.59. The molecule has 1 aromatic rings. The summed E-state index contributed by atoms with van der Waals surface area (Å²) < 4.78 is 5.32. The highest BCUT2D eigenvalue weighted by Crippen LogP contribution is 2.23. The van der Waals surface area contributed by atoms with Gasteiger partial charge in [-0.3, -0.25) is 19.6 Å². The first-order chi connectivity index (χ1) is 10.5. The molecule has 122 valence electrons. The van der Waals surface area contributed by atoms with Gasteiger partial charge in [0.15, 0.2) is 0 Å². The molecule has 22 heavy (non-hydrogen) atoms. The molecular formula is C14H22N4O4. The predicted octanol–water partition coefficient (Wildman–Crippen LogP) is -1.67. The molecule has 0 spiro atoms. The van der Waals surface area contributed by atoms with Crippen LogP contribution in [0, 0.1) is 0 Å². The number of hydrogen-bond donors (Lipinski definition) is 3. The molecule has 1 atom stereocenters. The number of nitrogens with one attached hydrogen (secondary N) is 2. The summed E-state index contributed by atoms with van der Waals surface area (Å²) in [6.07, 6.45) is 2.13. The van der Waals surface area contributed by atoms with E-state index in [0.717, 1.165) is 19.6 Å². The van der Waals surface area contributed by atoms with Gasteiger partial charge in [-0.1, -0.05) is 0 Å². The number of rotatable bonds is 4. The maximum absolute atomic E-state index is 11.7. The molecule has 8 heteroatoms. The van der Waals surface area contributed by atoms with Gasteiger partial charge in [-0.15, -0.1) is 0 Å². The number of morpholine rings is 1. The fourth-order valence-electron chi connectivity index (χ4n) is 3.18. The van der Waals surface area contributed by atoms with E-state index in [0.29, 0.717) is 44.8 Å². The second-order valence-corrected chi connectivity index (χ2v) is 6.17. The molecule has 0 amide bonds. The SMILES string of the molecule is O=c1[nH]cc(CN2CCC(O)(CN3CCOCC3)C2)c(=O)[nH]1. The molecule has 0 bridgehead atoms. The summed E-state index contributed by atoms with van der Waals surface area (Å²) in [5.74, 6) is 0. The maximum atomic E-state index is 11.7. The van der Waals surface area contributed by atoms with Crippen molar-refractivity contribution in [2.75, 3.05) is 45.9 Å². The van der Waals surface area contributed by atoms with Crippen LogP contribution in [0.5, 0.6) is 0 Å². The van der Waals surface area contributed by atoms with Crippen LogP contribution in [0.1, 0.15) is 12.0 Å². The van der Waals surface area contributed by atoms with E-state index in [2.05, 4.69) is 14.9 Å². The number of hydrogen-bond acceptors (Lipinski definition) is 6. The van der Waals surface area contributed by atoms with Crippen molar-refractivity contribution in [2.45, 2.75) is 18.6 Å². The number of aromatic amines is 2. The van der Waals surface area contributed by atoms with Crippen molar-refractivity contribution in [3.8, 4) is 0 Å². The smallest absolute Gasteiger partial charge is 0.325 e. The average Bonchev–Trinajstić information content (AvgIpc) is 2.84. The van der Waals surface area contributed by atoms with E-state index in [-0.39, 0.29) is 5.56 Å². The van der Waals surface area contributed by atoms with Gasteiger partial charge in [0.05, 0.1) is 18.8 Å². The molecular weight excluding hydrogens is 288 g/mol. The van der Waals surface area contributed by atoms with Crippen LogP contribution in [0.15, 0.2) is 15.8 Å². The second kappa shape index (κ2) is 6.33. The lowest BCUT2D eigenvalue weighted by atomic mass is 10.0. The highest BCUT2D eigenvalue weighted by molar-refractivity contribution is 5.05. The molecule has 0 radical (unpaired) electrons. The van der Waals surface area contributed by atoms with Crippen LogP contribution in [-0.4, -0.2) is 76.4 Å². The van der Waals surface area contributed by atoms with Crippen LogP contribution in [-0.2, 0) is 11.3 Å². The van der Waals surface area contributed by atoms with Crippen molar-refractivity contribution >= 4 is 0 Å². The maximum Gasteiger partial charge on any atom is 0.325 e. The van der Waals surface area contributed by atoms with Gasteiger partial charge in [0.25, 0.3) is 5.56 Å². The Kier molecular flexibility index (Phi) is 4.44. The van der Waals surface area contributed by atoms with Crippen molar-refractivity contribution in [3.05, 3.63) is 32.6 Å². The summed E-state index contributed by atoms with van der Waals surface area (Å²) >= 11 is 0. The van der Waals surface area contributed by atoms with E-state index in [1.807, 2.05) is 4.90 Å². The molecule has 2 fully saturated rings. The lowest BCUT2D eigenvalue weighted by Crippen LogP contribution is -2.48. The first-order valence-electron chi connectivity index (χ1n) is 7.60. The lowest BCUT2D eigenvalue weighted by molar-refractivity contribution is -0.0267. The van der Waals surface area contributed by atoms with E-state index >= 15 is 0 Å². The molecule has 0 saturated carbocycles. The predicted molar refractivity (Wildman–Crippen MR) is 79.8 cm³/mol. The van der Waals surface area contributed by atoms with Gasteiger partial charge in [-0.25, -0.2) is 4.79 Å². The normalized spacial score (nSPS) is 27.3. The van der Waals surface area contributed by atoms with E-state index < -0.39 is 11.3 Å². The molecule has 1 aromatic heterocycles. The third-order valence-corrected chi connectivity index (χ3v) is 4.32. The number of aromatic nitrogens is 2. The van der Waals surface area contributed by atoms with Gasteiger partial charge in [0.2, 0.25) is 0 Å². The van der Waals surface area contributed by atoms with Crippen LogP contribution in [0.4, 0.5) is 0 Å². The number of nitrogens with zero attached hydrogens (tertiary/aromatic N) is 2. The van der Waals surface area contributed by atoms with Crippen molar-refractivity contribution in [1.29, 1.82) is 0 Å². The van der Waals surface area contributed by atoms with Crippen molar-refractivity contribution < 1.29 is 9.84 Å². The minimum absolute atomic E-state index is 0.368. The minimum Gasteiger partial charge on any atom is -0.387 e. The summed E-state index contributed by atoms with van der Waals surface area (Å²) in [6, 6.07) is 0. The average molecular weight is 310 g/mol. The lowest BCUT2D eigenvalue weighted by Gasteiger charge is -2.33. The third kappa shape index (κ3) is 3.64. The Morgan fingerprint density at radius 1 is 1.23 bits per heavy atom. The molecule has 2 aliphatic heterocycles. The Bertz CT molecular complexity index is 622. The van der Waals surface area contributed by atoms with Gasteiger partial charge in [-0.05, 0) is 6.42 Å². The fourth-order valence-corrected chi connectivity index (χ4v) is 3.18. The highest BCUT2D eigenvalue weighted by Gasteiger charge is 2.37. The van der Waals surface area contributed by atoms with Gasteiger partial charge in [0.1, 0.15) is 0 Å². The van der Waals surface area contributed by atoms with Crippen molar-refractivity contribution in [3.63, 3.8) is 0 Å². The molecule has 0 aromatic carbocycles. The molecule has 8 nitrogen and oxygen atoms in total. The minimum atomic E-state index is -0.744. The Labute approximate surface area is 127 Å². The summed E-state index contributed by atoms with van der Waals surface area (Å²) in [4.78, 5) is 31.7. The summed E-state index contributed by atoms with van der Waals surface area (Å²) in [5, 5.41) is 10.7. The highest BCUT2D eigenvalue weighted by atomic mass is 16.5. The largest absolute Gasteiger partial charge is 0.387 e. The first kappa shape index (κ1) is 15.4. The zero-order valence-corrected chi connectivity index (χ0v) is 12.5. The number of H-pyrrole nitrogens is 2. The summed E-state index contributed by atoms with van der Waals surface area (Å²) in [5.41, 5.74) is -1.10. The first-order valence-corrected chi connectivity index (χ1v) is 7.60. The van der Waals surface area contributed by atoms with Gasteiger partial charge in [0, 0.05) is 51.0 Å². The van der Waals surface area contributed by atoms with Gasteiger partial charge >= 0.3 is 5.69 Å². The number of likely N-dealkylation sites (tertiary alicyclic amines) is 1. The number of ether oxygens (including phenoxy) is 1. The summed E-state index contributed by atoms with van der Waals surface area (Å²) in [6.45, 7) is 5.46. The fraction of sp³-hybridized carbons (Fsp3) is 0.714. The van der Waals surface area contributed by atoms with E-state index in [1.165, 1.54) is 6.20 Å². The van der Waals surface area contributed by atoms with E-state index in [1.54, 1.807) is 0 Å². The summed E-state index contributed by atoms with van der Waals surface area (Å²) in [7, 11) is 0. The van der Waals surface area contributed by atoms with E-state index in [9.17, 15) is 14.7 Å². The van der Waals surface area contributed by atoms with Crippen molar-refractivity contribution in [1.82, 2.24) is 19.8 Å². The topological polar surface area (TPSA) is 102 Å². The third-order valence-electron chi connectivity index (χ3n) is 4.32. The zero-order chi connectivity index (χ0) is 15.6. The zero-order valence-electron chi connectivity index (χ0n) is 12.5. The molecule has 1 unspecified atom stereocenters.